The number of carboxylic acid groups (broad SMARTS) is 1. The van der Waals surface area contributed by atoms with Crippen molar-refractivity contribution in [2.24, 2.45) is 0 Å². The molecule has 4 aromatic rings. The van der Waals surface area contributed by atoms with Crippen LogP contribution in [0.15, 0.2) is 54.7 Å². The van der Waals surface area contributed by atoms with Crippen molar-refractivity contribution in [1.29, 1.82) is 0 Å². The summed E-state index contributed by atoms with van der Waals surface area (Å²) in [6.45, 7) is 0. The van der Waals surface area contributed by atoms with Crippen LogP contribution < -0.4 is 14.8 Å². The first-order chi connectivity index (χ1) is 19.4. The van der Waals surface area contributed by atoms with Gasteiger partial charge in [-0.25, -0.2) is 9.48 Å². The van der Waals surface area contributed by atoms with Crippen molar-refractivity contribution >= 4 is 34.4 Å². The fourth-order valence-corrected chi connectivity index (χ4v) is 5.60. The zero-order valence-electron chi connectivity index (χ0n) is 22.4. The van der Waals surface area contributed by atoms with Crippen molar-refractivity contribution in [2.45, 2.75) is 50.5 Å². The van der Waals surface area contributed by atoms with Gasteiger partial charge in [0.2, 0.25) is 0 Å². The van der Waals surface area contributed by atoms with Gasteiger partial charge in [-0.2, -0.15) is 5.10 Å². The summed E-state index contributed by atoms with van der Waals surface area (Å²) in [5.41, 5.74) is 1.17. The molecule has 9 nitrogen and oxygen atoms in total. The molecular weight excluding hydrogens is 532 g/mol. The Morgan fingerprint density at radius 1 is 0.975 bits per heavy atom. The zero-order valence-corrected chi connectivity index (χ0v) is 23.2. The molecule has 1 saturated carbocycles. The van der Waals surface area contributed by atoms with E-state index in [4.69, 9.17) is 26.2 Å². The molecule has 1 aliphatic rings. The number of pyridine rings is 1. The predicted molar refractivity (Wildman–Crippen MR) is 153 cm³/mol. The number of aliphatic carboxylic acids is 1. The molecule has 2 aromatic heterocycles. The molecule has 5 rings (SSSR count). The molecule has 2 heterocycles. The van der Waals surface area contributed by atoms with E-state index < -0.39 is 17.4 Å². The van der Waals surface area contributed by atoms with E-state index >= 15 is 0 Å². The Bertz CT molecular complexity index is 1540. The summed E-state index contributed by atoms with van der Waals surface area (Å²) in [5, 5.41) is 19.1. The highest BCUT2D eigenvalue weighted by Crippen LogP contribution is 2.40. The van der Waals surface area contributed by atoms with E-state index in [1.165, 1.54) is 0 Å². The summed E-state index contributed by atoms with van der Waals surface area (Å²) in [5.74, 6) is -0.532. The monoisotopic (exact) mass is 562 g/mol. The summed E-state index contributed by atoms with van der Waals surface area (Å²) in [7, 11) is 3.11. The molecule has 10 heteroatoms. The fraction of sp³-hybridized carbons (Fsp3) is 0.333. The Kier molecular flexibility index (Phi) is 7.93. The van der Waals surface area contributed by atoms with Gasteiger partial charge in [0.1, 0.15) is 17.0 Å². The van der Waals surface area contributed by atoms with Crippen molar-refractivity contribution in [3.63, 3.8) is 0 Å². The van der Waals surface area contributed by atoms with Crippen LogP contribution >= 0.6 is 11.6 Å². The Labute approximate surface area is 237 Å². The van der Waals surface area contributed by atoms with Crippen LogP contribution in [0.1, 0.15) is 55.4 Å². The second-order valence-corrected chi connectivity index (χ2v) is 10.4. The minimum atomic E-state index is -1.34. The maximum atomic E-state index is 13.7. The number of halogens is 1. The van der Waals surface area contributed by atoms with Crippen LogP contribution in [0.3, 0.4) is 0 Å². The predicted octanol–water partition coefficient (Wildman–Crippen LogP) is 6.06. The van der Waals surface area contributed by atoms with Crippen LogP contribution in [0.2, 0.25) is 5.02 Å². The van der Waals surface area contributed by atoms with Gasteiger partial charge in [-0.15, -0.1) is 0 Å². The van der Waals surface area contributed by atoms with Crippen LogP contribution in [0, 0.1) is 0 Å². The number of carbonyl (C=O) groups excluding carboxylic acids is 1. The first-order valence-corrected chi connectivity index (χ1v) is 13.7. The van der Waals surface area contributed by atoms with Crippen molar-refractivity contribution in [1.82, 2.24) is 20.1 Å². The van der Waals surface area contributed by atoms with Crippen LogP contribution in [-0.4, -0.2) is 51.5 Å². The largest absolute Gasteiger partial charge is 0.496 e. The number of nitrogens with zero attached hydrogens (tertiary/aromatic N) is 3. The van der Waals surface area contributed by atoms with Crippen molar-refractivity contribution in [3.05, 3.63) is 65.4 Å². The third-order valence-electron chi connectivity index (χ3n) is 7.51. The van der Waals surface area contributed by atoms with E-state index in [2.05, 4.69) is 10.3 Å². The number of fused-ring (bicyclic) bond motifs is 1. The summed E-state index contributed by atoms with van der Waals surface area (Å²) in [6.07, 6.45) is 6.81. The number of aromatic nitrogens is 3. The van der Waals surface area contributed by atoms with Crippen LogP contribution in [0.4, 0.5) is 0 Å². The smallest absolute Gasteiger partial charge is 0.329 e. The topological polar surface area (TPSA) is 116 Å². The lowest BCUT2D eigenvalue weighted by molar-refractivity contribution is -0.145. The quantitative estimate of drug-likeness (QED) is 0.281. The van der Waals surface area contributed by atoms with Crippen molar-refractivity contribution in [2.75, 3.05) is 14.2 Å². The highest BCUT2D eigenvalue weighted by atomic mass is 35.5. The first kappa shape index (κ1) is 27.5. The molecular formula is C30H31ClN4O5. The second-order valence-electron chi connectivity index (χ2n) is 9.96. The number of hydrogen-bond acceptors (Lipinski definition) is 6. The van der Waals surface area contributed by atoms with E-state index in [1.54, 1.807) is 61.5 Å². The Morgan fingerprint density at radius 3 is 2.30 bits per heavy atom. The van der Waals surface area contributed by atoms with Gasteiger partial charge in [0.25, 0.3) is 5.91 Å². The summed E-state index contributed by atoms with van der Waals surface area (Å²) < 4.78 is 13.0. The summed E-state index contributed by atoms with van der Waals surface area (Å²) in [6, 6.07) is 14.2. The SMILES string of the molecule is COc1cccc(OC)c1-c1cc(C(=O)NC2(C(=O)O)CCCCCCC2)nn1-c1ccnc2cc(Cl)ccc12. The fourth-order valence-electron chi connectivity index (χ4n) is 5.43. The number of hydrogen-bond donors (Lipinski definition) is 2. The van der Waals surface area contributed by atoms with Crippen LogP contribution in [0.5, 0.6) is 11.5 Å². The number of nitrogens with one attached hydrogen (secondary N) is 1. The van der Waals surface area contributed by atoms with E-state index in [9.17, 15) is 14.7 Å². The van der Waals surface area contributed by atoms with Gasteiger partial charge in [-0.3, -0.25) is 9.78 Å². The molecule has 0 bridgehead atoms. The molecule has 40 heavy (non-hydrogen) atoms. The number of amides is 1. The van der Waals surface area contributed by atoms with Gasteiger partial charge >= 0.3 is 5.97 Å². The zero-order chi connectivity index (χ0) is 28.3. The molecule has 0 aliphatic heterocycles. The number of carboxylic acids is 1. The molecule has 2 N–H and O–H groups in total. The maximum Gasteiger partial charge on any atom is 0.329 e. The number of ether oxygens (including phenoxy) is 2. The minimum Gasteiger partial charge on any atom is -0.496 e. The van der Waals surface area contributed by atoms with E-state index in [0.717, 1.165) is 37.5 Å². The van der Waals surface area contributed by atoms with Crippen LogP contribution in [0.25, 0.3) is 27.8 Å². The van der Waals surface area contributed by atoms with E-state index in [1.807, 2.05) is 12.1 Å². The Balaban J connectivity index is 1.68. The van der Waals surface area contributed by atoms with Crippen LogP contribution in [-0.2, 0) is 4.79 Å². The molecule has 1 aliphatic carbocycles. The van der Waals surface area contributed by atoms with Crippen molar-refractivity contribution in [3.8, 4) is 28.4 Å². The maximum absolute atomic E-state index is 13.7. The highest BCUT2D eigenvalue weighted by Gasteiger charge is 2.40. The first-order valence-electron chi connectivity index (χ1n) is 13.3. The third kappa shape index (κ3) is 5.21. The van der Waals surface area contributed by atoms with E-state index in [0.29, 0.717) is 51.8 Å². The molecule has 0 radical (unpaired) electrons. The molecule has 0 unspecified atom stereocenters. The van der Waals surface area contributed by atoms with Gasteiger partial charge < -0.3 is 19.9 Å². The highest BCUT2D eigenvalue weighted by molar-refractivity contribution is 6.31. The molecule has 2 aromatic carbocycles. The lowest BCUT2D eigenvalue weighted by Crippen LogP contribution is -2.54. The lowest BCUT2D eigenvalue weighted by atomic mass is 9.83. The summed E-state index contributed by atoms with van der Waals surface area (Å²) >= 11 is 6.23. The number of carbonyl (C=O) groups is 2. The van der Waals surface area contributed by atoms with Gasteiger partial charge in [-0.05, 0) is 55.3 Å². The normalized spacial score (nSPS) is 15.2. The summed E-state index contributed by atoms with van der Waals surface area (Å²) in [4.78, 5) is 30.6. The Morgan fingerprint density at radius 2 is 1.65 bits per heavy atom. The van der Waals surface area contributed by atoms with Gasteiger partial charge in [0, 0.05) is 16.6 Å². The standard InChI is InChI=1S/C30H31ClN4O5/c1-39-25-9-8-10-26(40-2)27(25)24-18-22(28(36)33-30(29(37)38)14-6-4-3-5-7-15-30)34-35(24)23-13-16-32-21-17-19(31)11-12-20(21)23/h8-13,16-18H,3-7,14-15H2,1-2H3,(H,33,36)(H,37,38). The van der Waals surface area contributed by atoms with Gasteiger partial charge in [0.05, 0.1) is 36.7 Å². The minimum absolute atomic E-state index is 0.0737. The van der Waals surface area contributed by atoms with E-state index in [-0.39, 0.29) is 5.69 Å². The average Bonchev–Trinajstić information content (AvgIpc) is 3.38. The van der Waals surface area contributed by atoms with Gasteiger partial charge in [-0.1, -0.05) is 49.8 Å². The third-order valence-corrected chi connectivity index (χ3v) is 7.74. The number of rotatable bonds is 7. The lowest BCUT2D eigenvalue weighted by Gasteiger charge is -2.32. The molecule has 1 fully saturated rings. The molecule has 0 spiro atoms. The Hall–Kier alpha value is -4.11. The molecule has 0 saturated heterocycles. The van der Waals surface area contributed by atoms with Gasteiger partial charge in [0.15, 0.2) is 5.69 Å². The average molecular weight is 563 g/mol. The number of methoxy groups -OCH3 is 2. The molecule has 0 atom stereocenters. The number of benzene rings is 2. The molecule has 1 amide bonds. The second kappa shape index (κ2) is 11.6. The molecule has 208 valence electrons. The van der Waals surface area contributed by atoms with Crippen molar-refractivity contribution < 1.29 is 24.2 Å².